The van der Waals surface area contributed by atoms with E-state index in [0.29, 0.717) is 11.8 Å². The lowest BCUT2D eigenvalue weighted by atomic mass is 9.87. The fraction of sp³-hybridized carbons (Fsp3) is 0.600. The van der Waals surface area contributed by atoms with Gasteiger partial charge >= 0.3 is 0 Å². The van der Waals surface area contributed by atoms with Crippen LogP contribution in [0.4, 0.5) is 5.69 Å². The zero-order chi connectivity index (χ0) is 12.5. The largest absolute Gasteiger partial charge is 0.378 e. The molecule has 0 saturated carbocycles. The second kappa shape index (κ2) is 4.90. The molecule has 1 heteroatoms. The molecule has 0 N–H and O–H groups in total. The van der Waals surface area contributed by atoms with Gasteiger partial charge in [0, 0.05) is 19.8 Å². The van der Waals surface area contributed by atoms with Crippen LogP contribution in [0.15, 0.2) is 12.1 Å². The molecule has 0 fully saturated rings. The van der Waals surface area contributed by atoms with Crippen LogP contribution in [0, 0.1) is 6.92 Å². The summed E-state index contributed by atoms with van der Waals surface area (Å²) in [6.45, 7) is 11.3. The molecule has 0 bridgehead atoms. The van der Waals surface area contributed by atoms with Crippen LogP contribution in [-0.2, 0) is 0 Å². The van der Waals surface area contributed by atoms with Crippen LogP contribution in [0.1, 0.15) is 56.2 Å². The molecule has 0 radical (unpaired) electrons. The summed E-state index contributed by atoms with van der Waals surface area (Å²) >= 11 is 0. The summed E-state index contributed by atoms with van der Waals surface area (Å²) in [5, 5.41) is 0. The Hall–Kier alpha value is -0.980. The molecule has 0 aliphatic carbocycles. The maximum absolute atomic E-state index is 2.34. The first-order chi connectivity index (χ1) is 7.34. The Morgan fingerprint density at radius 1 is 0.938 bits per heavy atom. The van der Waals surface area contributed by atoms with E-state index in [1.807, 2.05) is 0 Å². The van der Waals surface area contributed by atoms with Crippen LogP contribution < -0.4 is 4.90 Å². The molecule has 0 aromatic heterocycles. The molecule has 1 nitrogen and oxygen atoms in total. The molecule has 0 spiro atoms. The molecule has 1 aromatic rings. The van der Waals surface area contributed by atoms with Gasteiger partial charge in [0.1, 0.15) is 0 Å². The molecule has 0 saturated heterocycles. The normalized spacial score (nSPS) is 11.3. The third-order valence-electron chi connectivity index (χ3n) is 3.12. The number of rotatable bonds is 3. The van der Waals surface area contributed by atoms with Gasteiger partial charge in [0.15, 0.2) is 0 Å². The Kier molecular flexibility index (Phi) is 4.01. The number of benzene rings is 1. The van der Waals surface area contributed by atoms with E-state index in [0.717, 1.165) is 0 Å². The minimum atomic E-state index is 0.594. The van der Waals surface area contributed by atoms with E-state index in [1.165, 1.54) is 22.4 Å². The Bertz CT molecular complexity index is 362. The van der Waals surface area contributed by atoms with E-state index in [9.17, 15) is 0 Å². The van der Waals surface area contributed by atoms with E-state index < -0.39 is 0 Å². The fourth-order valence-corrected chi connectivity index (χ4v) is 2.33. The molecule has 0 heterocycles. The number of aryl methyl sites for hydroxylation is 1. The zero-order valence-electron chi connectivity index (χ0n) is 11.8. The predicted molar refractivity (Wildman–Crippen MR) is 73.7 cm³/mol. The monoisotopic (exact) mass is 219 g/mol. The van der Waals surface area contributed by atoms with Crippen molar-refractivity contribution in [2.45, 2.75) is 46.5 Å². The number of anilines is 1. The van der Waals surface area contributed by atoms with Crippen molar-refractivity contribution in [2.75, 3.05) is 19.0 Å². The highest BCUT2D eigenvalue weighted by molar-refractivity contribution is 5.55. The van der Waals surface area contributed by atoms with Crippen LogP contribution in [-0.4, -0.2) is 14.1 Å². The van der Waals surface area contributed by atoms with E-state index in [4.69, 9.17) is 0 Å². The van der Waals surface area contributed by atoms with Crippen LogP contribution in [0.3, 0.4) is 0 Å². The van der Waals surface area contributed by atoms with Crippen molar-refractivity contribution >= 4 is 5.69 Å². The Labute approximate surface area is 100 Å². The quantitative estimate of drug-likeness (QED) is 0.732. The summed E-state index contributed by atoms with van der Waals surface area (Å²) in [5.74, 6) is 1.20. The van der Waals surface area contributed by atoms with Gasteiger partial charge in [-0.2, -0.15) is 0 Å². The van der Waals surface area contributed by atoms with Crippen molar-refractivity contribution in [3.63, 3.8) is 0 Å². The van der Waals surface area contributed by atoms with Gasteiger partial charge < -0.3 is 4.90 Å². The topological polar surface area (TPSA) is 3.24 Å². The van der Waals surface area contributed by atoms with Crippen molar-refractivity contribution in [1.82, 2.24) is 0 Å². The van der Waals surface area contributed by atoms with Gasteiger partial charge in [-0.25, -0.2) is 0 Å². The van der Waals surface area contributed by atoms with Crippen molar-refractivity contribution in [2.24, 2.45) is 0 Å². The SMILES string of the molecule is Cc1cc(N(C)C)cc(C(C)C)c1C(C)C. The van der Waals surface area contributed by atoms with E-state index in [1.54, 1.807) is 0 Å². The van der Waals surface area contributed by atoms with Crippen LogP contribution in [0.5, 0.6) is 0 Å². The highest BCUT2D eigenvalue weighted by Gasteiger charge is 2.14. The minimum Gasteiger partial charge on any atom is -0.378 e. The predicted octanol–water partition coefficient (Wildman–Crippen LogP) is 4.31. The summed E-state index contributed by atoms with van der Waals surface area (Å²) in [6.07, 6.45) is 0. The molecule has 90 valence electrons. The second-order valence-electron chi connectivity index (χ2n) is 5.47. The third-order valence-corrected chi connectivity index (χ3v) is 3.12. The lowest BCUT2D eigenvalue weighted by molar-refractivity contribution is 0.782. The average molecular weight is 219 g/mol. The number of hydrogen-bond acceptors (Lipinski definition) is 1. The van der Waals surface area contributed by atoms with Crippen molar-refractivity contribution in [3.8, 4) is 0 Å². The maximum atomic E-state index is 2.34. The third kappa shape index (κ3) is 2.58. The van der Waals surface area contributed by atoms with Gasteiger partial charge in [0.25, 0.3) is 0 Å². The minimum absolute atomic E-state index is 0.594. The molecular formula is C15H25N. The Morgan fingerprint density at radius 2 is 1.50 bits per heavy atom. The van der Waals surface area contributed by atoms with Crippen LogP contribution >= 0.6 is 0 Å². The van der Waals surface area contributed by atoms with Crippen molar-refractivity contribution < 1.29 is 0 Å². The Morgan fingerprint density at radius 3 is 1.88 bits per heavy atom. The smallest absolute Gasteiger partial charge is 0.0366 e. The highest BCUT2D eigenvalue weighted by atomic mass is 15.1. The summed E-state index contributed by atoms with van der Waals surface area (Å²) in [4.78, 5) is 2.18. The average Bonchev–Trinajstić information content (AvgIpc) is 2.15. The first kappa shape index (κ1) is 13.1. The number of hydrogen-bond donors (Lipinski definition) is 0. The van der Waals surface area contributed by atoms with E-state index in [-0.39, 0.29) is 0 Å². The molecule has 0 atom stereocenters. The summed E-state index contributed by atoms with van der Waals surface area (Å²) in [5.41, 5.74) is 5.76. The van der Waals surface area contributed by atoms with Crippen molar-refractivity contribution in [1.29, 1.82) is 0 Å². The van der Waals surface area contributed by atoms with E-state index in [2.05, 4.69) is 65.7 Å². The van der Waals surface area contributed by atoms with Gasteiger partial charge in [-0.3, -0.25) is 0 Å². The molecule has 0 aliphatic heterocycles. The van der Waals surface area contributed by atoms with Gasteiger partial charge in [0.05, 0.1) is 0 Å². The zero-order valence-corrected chi connectivity index (χ0v) is 11.8. The maximum Gasteiger partial charge on any atom is 0.0366 e. The molecule has 1 rings (SSSR count). The fourth-order valence-electron chi connectivity index (χ4n) is 2.33. The van der Waals surface area contributed by atoms with Gasteiger partial charge in [-0.05, 0) is 47.6 Å². The molecule has 0 aliphatic rings. The van der Waals surface area contributed by atoms with Crippen LogP contribution in [0.25, 0.3) is 0 Å². The summed E-state index contributed by atoms with van der Waals surface area (Å²) < 4.78 is 0. The van der Waals surface area contributed by atoms with Crippen LogP contribution in [0.2, 0.25) is 0 Å². The lowest BCUT2D eigenvalue weighted by Crippen LogP contribution is -2.11. The van der Waals surface area contributed by atoms with Gasteiger partial charge in [-0.15, -0.1) is 0 Å². The standard InChI is InChI=1S/C15H25N/c1-10(2)14-9-13(16(6)7)8-12(5)15(14)11(3)4/h8-11H,1-7H3. The highest BCUT2D eigenvalue weighted by Crippen LogP contribution is 2.32. The number of nitrogens with zero attached hydrogens (tertiary/aromatic N) is 1. The van der Waals surface area contributed by atoms with Crippen molar-refractivity contribution in [3.05, 3.63) is 28.8 Å². The lowest BCUT2D eigenvalue weighted by Gasteiger charge is -2.23. The Balaban J connectivity index is 3.39. The van der Waals surface area contributed by atoms with E-state index >= 15 is 0 Å². The van der Waals surface area contributed by atoms with Gasteiger partial charge in [0.2, 0.25) is 0 Å². The summed E-state index contributed by atoms with van der Waals surface area (Å²) in [6, 6.07) is 4.63. The molecule has 0 unspecified atom stereocenters. The molecule has 0 amide bonds. The first-order valence-corrected chi connectivity index (χ1v) is 6.16. The summed E-state index contributed by atoms with van der Waals surface area (Å²) in [7, 11) is 4.21. The van der Waals surface area contributed by atoms with Gasteiger partial charge in [-0.1, -0.05) is 27.7 Å². The molecular weight excluding hydrogens is 194 g/mol. The first-order valence-electron chi connectivity index (χ1n) is 6.16. The molecule has 1 aromatic carbocycles. The second-order valence-corrected chi connectivity index (χ2v) is 5.47. The molecule has 16 heavy (non-hydrogen) atoms.